The summed E-state index contributed by atoms with van der Waals surface area (Å²) in [5, 5.41) is 6.80. The van der Waals surface area contributed by atoms with Crippen LogP contribution >= 0.6 is 22.9 Å². The van der Waals surface area contributed by atoms with E-state index in [0.29, 0.717) is 17.7 Å². The number of carbonyl (C=O) groups is 1. The number of piperidine rings is 1. The molecule has 0 atom stereocenters. The van der Waals surface area contributed by atoms with Gasteiger partial charge in [0.2, 0.25) is 0 Å². The predicted octanol–water partition coefficient (Wildman–Crippen LogP) is 4.11. The van der Waals surface area contributed by atoms with Crippen molar-refractivity contribution in [3.05, 3.63) is 45.9 Å². The van der Waals surface area contributed by atoms with Crippen LogP contribution in [-0.2, 0) is 6.54 Å². The van der Waals surface area contributed by atoms with Crippen molar-refractivity contribution >= 4 is 34.0 Å². The molecule has 0 unspecified atom stereocenters. The van der Waals surface area contributed by atoms with E-state index in [0.717, 1.165) is 68.9 Å². The molecule has 1 aliphatic carbocycles. The minimum atomic E-state index is -0.0237. The summed E-state index contributed by atoms with van der Waals surface area (Å²) in [4.78, 5) is 24.6. The summed E-state index contributed by atoms with van der Waals surface area (Å²) in [6.45, 7) is 8.20. The van der Waals surface area contributed by atoms with E-state index in [1.807, 2.05) is 17.5 Å². The van der Waals surface area contributed by atoms with Gasteiger partial charge in [-0.1, -0.05) is 29.8 Å². The first-order valence-electron chi connectivity index (χ1n) is 12.3. The first kappa shape index (κ1) is 23.1. The molecule has 33 heavy (non-hydrogen) atoms. The number of hydrogen-bond donors (Lipinski definition) is 1. The van der Waals surface area contributed by atoms with Crippen molar-refractivity contribution in [1.29, 1.82) is 0 Å². The summed E-state index contributed by atoms with van der Waals surface area (Å²) in [7, 11) is 0. The second-order valence-electron chi connectivity index (χ2n) is 9.64. The fourth-order valence-electron chi connectivity index (χ4n) is 4.97. The molecule has 0 spiro atoms. The average Bonchev–Trinajstić information content (AvgIpc) is 3.59. The van der Waals surface area contributed by atoms with Crippen molar-refractivity contribution in [2.45, 2.75) is 44.7 Å². The van der Waals surface area contributed by atoms with Crippen LogP contribution in [0.3, 0.4) is 0 Å². The van der Waals surface area contributed by atoms with Gasteiger partial charge in [0.1, 0.15) is 5.69 Å². The lowest BCUT2D eigenvalue weighted by atomic mass is 10.0. The second kappa shape index (κ2) is 10.7. The summed E-state index contributed by atoms with van der Waals surface area (Å²) in [5.74, 6) is 0.663. The maximum atomic E-state index is 12.4. The summed E-state index contributed by atoms with van der Waals surface area (Å²) in [5.41, 5.74) is 1.80. The summed E-state index contributed by atoms with van der Waals surface area (Å²) >= 11 is 7.96. The van der Waals surface area contributed by atoms with Crippen molar-refractivity contribution in [2.75, 3.05) is 50.7 Å². The zero-order chi connectivity index (χ0) is 22.6. The molecule has 8 heteroatoms. The van der Waals surface area contributed by atoms with E-state index in [2.05, 4.69) is 37.1 Å². The molecule has 3 aliphatic rings. The lowest BCUT2D eigenvalue weighted by Gasteiger charge is -2.38. The molecule has 3 heterocycles. The Hall–Kier alpha value is -1.67. The van der Waals surface area contributed by atoms with Crippen LogP contribution in [0.5, 0.6) is 0 Å². The highest BCUT2D eigenvalue weighted by molar-refractivity contribution is 7.13. The molecule has 1 aromatic carbocycles. The number of anilines is 1. The molecule has 2 aliphatic heterocycles. The van der Waals surface area contributed by atoms with Crippen LogP contribution in [0.4, 0.5) is 5.13 Å². The fraction of sp³-hybridized carbons (Fsp3) is 0.600. The maximum absolute atomic E-state index is 12.4. The highest BCUT2D eigenvalue weighted by Gasteiger charge is 2.28. The number of rotatable bonds is 7. The van der Waals surface area contributed by atoms with Crippen LogP contribution in [0, 0.1) is 5.92 Å². The van der Waals surface area contributed by atoms with E-state index in [9.17, 15) is 4.79 Å². The Morgan fingerprint density at radius 1 is 1.06 bits per heavy atom. The van der Waals surface area contributed by atoms with Gasteiger partial charge in [-0.25, -0.2) is 4.98 Å². The summed E-state index contributed by atoms with van der Waals surface area (Å²) < 4.78 is 0. The quantitative estimate of drug-likeness (QED) is 0.636. The predicted molar refractivity (Wildman–Crippen MR) is 135 cm³/mol. The maximum Gasteiger partial charge on any atom is 0.270 e. The first-order valence-corrected chi connectivity index (χ1v) is 13.6. The number of benzene rings is 1. The third kappa shape index (κ3) is 6.07. The molecular formula is C25H34ClN5OS. The molecule has 0 bridgehead atoms. The standard InChI is InChI=1S/C25H34ClN5OS/c26-22-5-2-1-4-20(22)17-29-12-8-21(9-13-29)30-10-3-11-31(15-14-30)25-28-23(18-33-25)24(32)27-16-19-6-7-19/h1-2,4-5,18-19,21H,3,6-17H2,(H,27,32). The van der Waals surface area contributed by atoms with Crippen molar-refractivity contribution in [3.8, 4) is 0 Å². The van der Waals surface area contributed by atoms with Crippen molar-refractivity contribution in [2.24, 2.45) is 5.92 Å². The Bertz CT molecular complexity index is 940. The molecular weight excluding hydrogens is 454 g/mol. The lowest BCUT2D eigenvalue weighted by molar-refractivity contribution is 0.0947. The normalized spacial score (nSPS) is 21.2. The van der Waals surface area contributed by atoms with Crippen molar-refractivity contribution in [1.82, 2.24) is 20.1 Å². The van der Waals surface area contributed by atoms with Gasteiger partial charge in [0.15, 0.2) is 5.13 Å². The SMILES string of the molecule is O=C(NCC1CC1)c1csc(N2CCCN(C3CCN(Cc4ccccc4Cl)CC3)CC2)n1. The zero-order valence-corrected chi connectivity index (χ0v) is 20.8. The molecule has 0 radical (unpaired) electrons. The van der Waals surface area contributed by atoms with Crippen LogP contribution < -0.4 is 10.2 Å². The molecule has 178 valence electrons. The van der Waals surface area contributed by atoms with Gasteiger partial charge in [-0.05, 0) is 62.7 Å². The number of amides is 1. The number of nitrogens with zero attached hydrogens (tertiary/aromatic N) is 4. The summed E-state index contributed by atoms with van der Waals surface area (Å²) in [6.07, 6.45) is 6.06. The smallest absolute Gasteiger partial charge is 0.270 e. The minimum Gasteiger partial charge on any atom is -0.350 e. The topological polar surface area (TPSA) is 51.7 Å². The third-order valence-electron chi connectivity index (χ3n) is 7.20. The van der Waals surface area contributed by atoms with Crippen LogP contribution in [0.1, 0.15) is 48.2 Å². The van der Waals surface area contributed by atoms with Crippen molar-refractivity contribution < 1.29 is 4.79 Å². The molecule has 1 aromatic heterocycles. The Morgan fingerprint density at radius 2 is 1.88 bits per heavy atom. The molecule has 6 nitrogen and oxygen atoms in total. The van der Waals surface area contributed by atoms with E-state index in [-0.39, 0.29) is 5.91 Å². The largest absolute Gasteiger partial charge is 0.350 e. The molecule has 1 amide bonds. The van der Waals surface area contributed by atoms with E-state index < -0.39 is 0 Å². The second-order valence-corrected chi connectivity index (χ2v) is 10.9. The molecule has 1 N–H and O–H groups in total. The van der Waals surface area contributed by atoms with Gasteiger partial charge in [0, 0.05) is 55.7 Å². The van der Waals surface area contributed by atoms with E-state index in [1.165, 1.54) is 31.2 Å². The Kier molecular flexibility index (Phi) is 7.50. The number of carbonyl (C=O) groups excluding carboxylic acids is 1. The number of nitrogens with one attached hydrogen (secondary N) is 1. The monoisotopic (exact) mass is 487 g/mol. The number of thiazole rings is 1. The number of hydrogen-bond acceptors (Lipinski definition) is 6. The van der Waals surface area contributed by atoms with Crippen molar-refractivity contribution in [3.63, 3.8) is 0 Å². The number of halogens is 1. The Labute approximate surface area is 205 Å². The highest BCUT2D eigenvalue weighted by atomic mass is 35.5. The van der Waals surface area contributed by atoms with Gasteiger partial charge in [-0.3, -0.25) is 14.6 Å². The minimum absolute atomic E-state index is 0.0237. The van der Waals surface area contributed by atoms with E-state index in [4.69, 9.17) is 11.6 Å². The molecule has 5 rings (SSSR count). The Morgan fingerprint density at radius 3 is 2.67 bits per heavy atom. The molecule has 2 saturated heterocycles. The number of likely N-dealkylation sites (tertiary alicyclic amines) is 1. The fourth-order valence-corrected chi connectivity index (χ4v) is 6.02. The zero-order valence-electron chi connectivity index (χ0n) is 19.2. The van der Waals surface area contributed by atoms with Crippen LogP contribution in [0.25, 0.3) is 0 Å². The van der Waals surface area contributed by atoms with Crippen LogP contribution in [0.2, 0.25) is 5.02 Å². The van der Waals surface area contributed by atoms with Gasteiger partial charge in [0.25, 0.3) is 5.91 Å². The molecule has 3 fully saturated rings. The Balaban J connectivity index is 1.09. The van der Waals surface area contributed by atoms with Gasteiger partial charge < -0.3 is 10.2 Å². The third-order valence-corrected chi connectivity index (χ3v) is 8.47. The average molecular weight is 488 g/mol. The first-order chi connectivity index (χ1) is 16.2. The van der Waals surface area contributed by atoms with Gasteiger partial charge >= 0.3 is 0 Å². The molecule has 1 saturated carbocycles. The van der Waals surface area contributed by atoms with E-state index >= 15 is 0 Å². The lowest BCUT2D eigenvalue weighted by Crippen LogP contribution is -2.46. The van der Waals surface area contributed by atoms with Gasteiger partial charge in [0.05, 0.1) is 0 Å². The van der Waals surface area contributed by atoms with Crippen LogP contribution in [-0.4, -0.2) is 72.5 Å². The van der Waals surface area contributed by atoms with Crippen LogP contribution in [0.15, 0.2) is 29.6 Å². The van der Waals surface area contributed by atoms with Gasteiger partial charge in [-0.2, -0.15) is 0 Å². The van der Waals surface area contributed by atoms with E-state index in [1.54, 1.807) is 11.3 Å². The summed E-state index contributed by atoms with van der Waals surface area (Å²) in [6, 6.07) is 8.85. The molecule has 2 aromatic rings. The van der Waals surface area contributed by atoms with Gasteiger partial charge in [-0.15, -0.1) is 11.3 Å². The highest BCUT2D eigenvalue weighted by Crippen LogP contribution is 2.28. The number of aromatic nitrogens is 1.